The lowest BCUT2D eigenvalue weighted by molar-refractivity contribution is 0.607. The van der Waals surface area contributed by atoms with Crippen LogP contribution in [0, 0.1) is 0 Å². The van der Waals surface area contributed by atoms with Crippen LogP contribution >= 0.6 is 12.6 Å². The van der Waals surface area contributed by atoms with Gasteiger partial charge in [0.2, 0.25) is 0 Å². The van der Waals surface area contributed by atoms with E-state index in [1.807, 2.05) is 12.4 Å². The Morgan fingerprint density at radius 1 is 0.760 bits per heavy atom. The lowest BCUT2D eigenvalue weighted by Crippen LogP contribution is -1.95. The van der Waals surface area contributed by atoms with Crippen LogP contribution in [-0.4, -0.2) is 9.97 Å². The van der Waals surface area contributed by atoms with Crippen molar-refractivity contribution in [3.8, 4) is 11.4 Å². The zero-order valence-electron chi connectivity index (χ0n) is 15.8. The Morgan fingerprint density at radius 2 is 1.40 bits per heavy atom. The van der Waals surface area contributed by atoms with Gasteiger partial charge in [-0.3, -0.25) is 0 Å². The van der Waals surface area contributed by atoms with E-state index in [0.29, 0.717) is 0 Å². The van der Waals surface area contributed by atoms with Crippen LogP contribution in [0.4, 0.5) is 0 Å². The number of hydrogen-bond acceptors (Lipinski definition) is 3. The third kappa shape index (κ3) is 6.81. The van der Waals surface area contributed by atoms with Crippen LogP contribution in [0.5, 0.6) is 0 Å². The molecule has 1 heterocycles. The van der Waals surface area contributed by atoms with Crippen LogP contribution in [0.3, 0.4) is 0 Å². The van der Waals surface area contributed by atoms with E-state index in [2.05, 4.69) is 54.6 Å². The molecule has 0 spiro atoms. The zero-order valence-corrected chi connectivity index (χ0v) is 16.7. The molecule has 0 radical (unpaired) electrons. The second-order valence-electron chi connectivity index (χ2n) is 6.89. The Kier molecular flexibility index (Phi) is 9.03. The minimum atomic E-state index is 0.777. The van der Waals surface area contributed by atoms with Crippen molar-refractivity contribution in [2.75, 3.05) is 0 Å². The molecule has 0 saturated carbocycles. The molecule has 3 heteroatoms. The molecule has 0 fully saturated rings. The first kappa shape index (κ1) is 20.0. The molecule has 0 saturated heterocycles. The van der Waals surface area contributed by atoms with Gasteiger partial charge in [-0.15, -0.1) is 12.6 Å². The quantitative estimate of drug-likeness (QED) is 0.359. The van der Waals surface area contributed by atoms with Crippen LogP contribution in [0.15, 0.2) is 35.5 Å². The van der Waals surface area contributed by atoms with Gasteiger partial charge in [0, 0.05) is 22.9 Å². The smallest absolute Gasteiger partial charge is 0.160 e. The van der Waals surface area contributed by atoms with Crippen LogP contribution < -0.4 is 0 Å². The van der Waals surface area contributed by atoms with E-state index in [-0.39, 0.29) is 0 Å². The SMILES string of the molecule is CCCCCCCCc1cnc(-c2ccc(CCCC)cc2S)nc1. The molecule has 136 valence electrons. The van der Waals surface area contributed by atoms with E-state index >= 15 is 0 Å². The van der Waals surface area contributed by atoms with Crippen LogP contribution in [0.1, 0.15) is 76.3 Å². The van der Waals surface area contributed by atoms with Gasteiger partial charge in [0.15, 0.2) is 5.82 Å². The number of rotatable bonds is 11. The van der Waals surface area contributed by atoms with Crippen molar-refractivity contribution in [2.24, 2.45) is 0 Å². The van der Waals surface area contributed by atoms with Gasteiger partial charge in [-0.25, -0.2) is 9.97 Å². The van der Waals surface area contributed by atoms with Gasteiger partial charge in [-0.05, 0) is 48.9 Å². The summed E-state index contributed by atoms with van der Waals surface area (Å²) in [6.45, 7) is 4.48. The summed E-state index contributed by atoms with van der Waals surface area (Å²) in [5, 5.41) is 0. The van der Waals surface area contributed by atoms with Crippen molar-refractivity contribution in [1.29, 1.82) is 0 Å². The Balaban J connectivity index is 1.89. The highest BCUT2D eigenvalue weighted by molar-refractivity contribution is 7.80. The molecule has 0 bridgehead atoms. The average molecular weight is 357 g/mol. The number of aryl methyl sites for hydroxylation is 2. The molecular weight excluding hydrogens is 324 g/mol. The van der Waals surface area contributed by atoms with Gasteiger partial charge in [-0.2, -0.15) is 0 Å². The lowest BCUT2D eigenvalue weighted by Gasteiger charge is -2.08. The van der Waals surface area contributed by atoms with E-state index in [1.165, 1.54) is 62.5 Å². The molecule has 0 unspecified atom stereocenters. The highest BCUT2D eigenvalue weighted by Gasteiger charge is 2.07. The minimum Gasteiger partial charge on any atom is -0.236 e. The van der Waals surface area contributed by atoms with Crippen molar-refractivity contribution in [1.82, 2.24) is 9.97 Å². The summed E-state index contributed by atoms with van der Waals surface area (Å²) in [6, 6.07) is 6.44. The molecule has 1 aromatic carbocycles. The first-order valence-electron chi connectivity index (χ1n) is 9.87. The molecule has 0 aliphatic carbocycles. The molecule has 25 heavy (non-hydrogen) atoms. The number of thiol groups is 1. The van der Waals surface area contributed by atoms with Crippen molar-refractivity contribution in [3.05, 3.63) is 41.7 Å². The Morgan fingerprint density at radius 3 is 2.08 bits per heavy atom. The molecule has 0 N–H and O–H groups in total. The fourth-order valence-electron chi connectivity index (χ4n) is 3.04. The Labute approximate surface area is 158 Å². The van der Waals surface area contributed by atoms with Gasteiger partial charge in [0.25, 0.3) is 0 Å². The van der Waals surface area contributed by atoms with Gasteiger partial charge in [0.1, 0.15) is 0 Å². The number of hydrogen-bond donors (Lipinski definition) is 1. The summed E-state index contributed by atoms with van der Waals surface area (Å²) >= 11 is 4.64. The van der Waals surface area contributed by atoms with Crippen LogP contribution in [0.2, 0.25) is 0 Å². The molecule has 0 atom stereocenters. The maximum absolute atomic E-state index is 4.64. The third-order valence-electron chi connectivity index (χ3n) is 4.65. The summed E-state index contributed by atoms with van der Waals surface area (Å²) < 4.78 is 0. The average Bonchev–Trinajstić information content (AvgIpc) is 2.63. The van der Waals surface area contributed by atoms with Crippen molar-refractivity contribution in [2.45, 2.75) is 83.0 Å². The third-order valence-corrected chi connectivity index (χ3v) is 5.02. The predicted octanol–water partition coefficient (Wildman–Crippen LogP) is 6.68. The topological polar surface area (TPSA) is 25.8 Å². The van der Waals surface area contributed by atoms with E-state index in [1.54, 1.807) is 0 Å². The standard InChI is InChI=1S/C22H32N2S/c1-3-5-7-8-9-10-12-19-16-23-22(24-17-19)20-14-13-18(11-6-4-2)15-21(20)25/h13-17,25H,3-12H2,1-2H3. The highest BCUT2D eigenvalue weighted by Crippen LogP contribution is 2.25. The van der Waals surface area contributed by atoms with Crippen LogP contribution in [-0.2, 0) is 12.8 Å². The maximum Gasteiger partial charge on any atom is 0.160 e. The molecule has 0 aliphatic rings. The summed E-state index contributed by atoms with van der Waals surface area (Å²) in [6.07, 6.45) is 16.5. The monoisotopic (exact) mass is 356 g/mol. The normalized spacial score (nSPS) is 11.0. The summed E-state index contributed by atoms with van der Waals surface area (Å²) in [4.78, 5) is 10.1. The van der Waals surface area contributed by atoms with Crippen LogP contribution in [0.25, 0.3) is 11.4 Å². The summed E-state index contributed by atoms with van der Waals surface area (Å²) in [5.74, 6) is 0.777. The fraction of sp³-hybridized carbons (Fsp3) is 0.545. The van der Waals surface area contributed by atoms with Gasteiger partial charge >= 0.3 is 0 Å². The first-order chi connectivity index (χ1) is 12.2. The second-order valence-corrected chi connectivity index (χ2v) is 7.37. The van der Waals surface area contributed by atoms with Crippen molar-refractivity contribution in [3.63, 3.8) is 0 Å². The molecule has 2 rings (SSSR count). The zero-order chi connectivity index (χ0) is 17.9. The number of unbranched alkanes of at least 4 members (excludes halogenated alkanes) is 6. The van der Waals surface area contributed by atoms with Crippen molar-refractivity contribution >= 4 is 12.6 Å². The number of benzene rings is 1. The number of aromatic nitrogens is 2. The van der Waals surface area contributed by atoms with E-state index in [0.717, 1.165) is 29.1 Å². The summed E-state index contributed by atoms with van der Waals surface area (Å²) in [7, 11) is 0. The molecule has 2 nitrogen and oxygen atoms in total. The van der Waals surface area contributed by atoms with Gasteiger partial charge < -0.3 is 0 Å². The van der Waals surface area contributed by atoms with E-state index in [4.69, 9.17) is 0 Å². The molecule has 2 aromatic rings. The van der Waals surface area contributed by atoms with Gasteiger partial charge in [-0.1, -0.05) is 58.4 Å². The lowest BCUT2D eigenvalue weighted by atomic mass is 10.1. The minimum absolute atomic E-state index is 0.777. The second kappa shape index (κ2) is 11.3. The van der Waals surface area contributed by atoms with Crippen molar-refractivity contribution < 1.29 is 0 Å². The van der Waals surface area contributed by atoms with Gasteiger partial charge in [0.05, 0.1) is 0 Å². The largest absolute Gasteiger partial charge is 0.236 e. The molecule has 0 aliphatic heterocycles. The molecule has 0 amide bonds. The Hall–Kier alpha value is -1.35. The Bertz CT molecular complexity index is 622. The summed E-state index contributed by atoms with van der Waals surface area (Å²) in [5.41, 5.74) is 3.60. The fourth-order valence-corrected chi connectivity index (χ4v) is 3.38. The maximum atomic E-state index is 4.64. The van der Waals surface area contributed by atoms with E-state index in [9.17, 15) is 0 Å². The number of nitrogens with zero attached hydrogens (tertiary/aromatic N) is 2. The molecule has 1 aromatic heterocycles. The highest BCUT2D eigenvalue weighted by atomic mass is 32.1. The van der Waals surface area contributed by atoms with E-state index < -0.39 is 0 Å². The predicted molar refractivity (Wildman–Crippen MR) is 110 cm³/mol. The molecular formula is C22H32N2S. The first-order valence-corrected chi connectivity index (χ1v) is 10.3.